The monoisotopic (exact) mass is 404 g/mol. The van der Waals surface area contributed by atoms with Crippen LogP contribution in [0.15, 0.2) is 36.4 Å². The number of methoxy groups -OCH3 is 2. The Morgan fingerprint density at radius 3 is 2.17 bits per heavy atom. The van der Waals surface area contributed by atoms with Gasteiger partial charge in [-0.25, -0.2) is 8.78 Å². The van der Waals surface area contributed by atoms with Crippen molar-refractivity contribution in [1.29, 1.82) is 0 Å². The zero-order valence-electron chi connectivity index (χ0n) is 16.2. The lowest BCUT2D eigenvalue weighted by atomic mass is 10.0. The summed E-state index contributed by atoms with van der Waals surface area (Å²) in [6.45, 7) is 0.879. The number of ether oxygens (including phenoxy) is 2. The normalized spacial score (nSPS) is 14.4. The second kappa shape index (κ2) is 8.89. The third-order valence-electron chi connectivity index (χ3n) is 4.89. The molecule has 0 unspecified atom stereocenters. The number of hydrogen-bond acceptors (Lipinski definition) is 4. The third-order valence-corrected chi connectivity index (χ3v) is 4.89. The van der Waals surface area contributed by atoms with E-state index in [0.29, 0.717) is 49.1 Å². The van der Waals surface area contributed by atoms with E-state index in [0.717, 1.165) is 12.1 Å². The number of carbonyl (C=O) groups is 2. The second-order valence-corrected chi connectivity index (χ2v) is 6.77. The zero-order valence-corrected chi connectivity index (χ0v) is 16.2. The number of benzene rings is 2. The molecule has 8 heteroatoms. The molecule has 0 spiro atoms. The summed E-state index contributed by atoms with van der Waals surface area (Å²) in [5.74, 6) is -1.34. The average molecular weight is 404 g/mol. The van der Waals surface area contributed by atoms with Crippen molar-refractivity contribution in [1.82, 2.24) is 10.2 Å². The Morgan fingerprint density at radius 1 is 1.00 bits per heavy atom. The fourth-order valence-corrected chi connectivity index (χ4v) is 3.28. The highest BCUT2D eigenvalue weighted by atomic mass is 19.1. The topological polar surface area (TPSA) is 67.9 Å². The minimum Gasteiger partial charge on any atom is -0.497 e. The summed E-state index contributed by atoms with van der Waals surface area (Å²) >= 11 is 0. The van der Waals surface area contributed by atoms with E-state index in [4.69, 9.17) is 9.47 Å². The number of piperidine rings is 1. The number of hydrogen-bond donors (Lipinski definition) is 1. The minimum absolute atomic E-state index is 0.156. The molecule has 1 aliphatic rings. The van der Waals surface area contributed by atoms with Gasteiger partial charge in [0.05, 0.1) is 19.8 Å². The second-order valence-electron chi connectivity index (χ2n) is 6.77. The summed E-state index contributed by atoms with van der Waals surface area (Å²) < 4.78 is 37.2. The van der Waals surface area contributed by atoms with Crippen LogP contribution in [-0.2, 0) is 0 Å². The fraction of sp³-hybridized carbons (Fsp3) is 0.333. The Labute approximate surface area is 167 Å². The predicted octanol–water partition coefficient (Wildman–Crippen LogP) is 3.02. The molecule has 0 saturated carbocycles. The lowest BCUT2D eigenvalue weighted by Crippen LogP contribution is -2.46. The van der Waals surface area contributed by atoms with Crippen molar-refractivity contribution in [2.75, 3.05) is 27.3 Å². The molecular weight excluding hydrogens is 382 g/mol. The van der Waals surface area contributed by atoms with Crippen LogP contribution in [0, 0.1) is 11.6 Å². The number of carbonyl (C=O) groups excluding carboxylic acids is 2. The van der Waals surface area contributed by atoms with E-state index < -0.39 is 17.5 Å². The van der Waals surface area contributed by atoms with E-state index >= 15 is 0 Å². The first kappa shape index (κ1) is 20.6. The SMILES string of the molecule is COc1cc(OC)cc(C(=O)N2CCC(NC(=O)c3ccc(F)cc3F)CC2)c1. The standard InChI is InChI=1S/C21H22F2N2O4/c1-28-16-9-13(10-17(12-16)29-2)21(27)25-7-5-15(6-8-25)24-20(26)18-4-3-14(22)11-19(18)23/h3-4,9-12,15H,5-8H2,1-2H3,(H,24,26). The number of nitrogens with zero attached hydrogens (tertiary/aromatic N) is 1. The molecule has 0 radical (unpaired) electrons. The van der Waals surface area contributed by atoms with Crippen LogP contribution in [0.1, 0.15) is 33.6 Å². The highest BCUT2D eigenvalue weighted by Crippen LogP contribution is 2.24. The van der Waals surface area contributed by atoms with Gasteiger partial charge in [0.15, 0.2) is 0 Å². The number of amides is 2. The largest absolute Gasteiger partial charge is 0.497 e. The van der Waals surface area contributed by atoms with E-state index in [1.165, 1.54) is 14.2 Å². The van der Waals surface area contributed by atoms with Gasteiger partial charge in [-0.2, -0.15) is 0 Å². The molecule has 2 amide bonds. The van der Waals surface area contributed by atoms with E-state index in [2.05, 4.69) is 5.32 Å². The fourth-order valence-electron chi connectivity index (χ4n) is 3.28. The number of likely N-dealkylation sites (tertiary alicyclic amines) is 1. The smallest absolute Gasteiger partial charge is 0.254 e. The molecule has 6 nitrogen and oxygen atoms in total. The van der Waals surface area contributed by atoms with Gasteiger partial charge in [0.25, 0.3) is 11.8 Å². The van der Waals surface area contributed by atoms with Crippen LogP contribution in [0.2, 0.25) is 0 Å². The van der Waals surface area contributed by atoms with Crippen LogP contribution in [0.5, 0.6) is 11.5 Å². The highest BCUT2D eigenvalue weighted by molar-refractivity contribution is 5.96. The van der Waals surface area contributed by atoms with Crippen LogP contribution in [0.4, 0.5) is 8.78 Å². The molecule has 1 fully saturated rings. The van der Waals surface area contributed by atoms with Crippen LogP contribution < -0.4 is 14.8 Å². The predicted molar refractivity (Wildman–Crippen MR) is 102 cm³/mol. The third kappa shape index (κ3) is 4.82. The van der Waals surface area contributed by atoms with Gasteiger partial charge in [-0.05, 0) is 37.1 Å². The molecule has 3 rings (SSSR count). The minimum atomic E-state index is -0.901. The van der Waals surface area contributed by atoms with Gasteiger partial charge in [-0.3, -0.25) is 9.59 Å². The van der Waals surface area contributed by atoms with Crippen LogP contribution in [-0.4, -0.2) is 50.1 Å². The maximum absolute atomic E-state index is 13.8. The Hall–Kier alpha value is -3.16. The van der Waals surface area contributed by atoms with Crippen molar-refractivity contribution in [3.63, 3.8) is 0 Å². The molecule has 1 aliphatic heterocycles. The molecule has 0 aromatic heterocycles. The van der Waals surface area contributed by atoms with Crippen molar-refractivity contribution in [3.8, 4) is 11.5 Å². The molecule has 0 aliphatic carbocycles. The Balaban J connectivity index is 1.60. The summed E-state index contributed by atoms with van der Waals surface area (Å²) in [6.07, 6.45) is 1.06. The van der Waals surface area contributed by atoms with Gasteiger partial charge in [0, 0.05) is 36.8 Å². The number of nitrogens with one attached hydrogen (secondary N) is 1. The highest BCUT2D eigenvalue weighted by Gasteiger charge is 2.26. The Bertz CT molecular complexity index is 889. The zero-order chi connectivity index (χ0) is 21.0. The maximum Gasteiger partial charge on any atom is 0.254 e. The van der Waals surface area contributed by atoms with Gasteiger partial charge >= 0.3 is 0 Å². The summed E-state index contributed by atoms with van der Waals surface area (Å²) in [7, 11) is 3.03. The van der Waals surface area contributed by atoms with Crippen molar-refractivity contribution >= 4 is 11.8 Å². The van der Waals surface area contributed by atoms with Gasteiger partial charge in [0.2, 0.25) is 0 Å². The molecule has 154 valence electrons. The summed E-state index contributed by atoms with van der Waals surface area (Å²) in [5.41, 5.74) is 0.255. The summed E-state index contributed by atoms with van der Waals surface area (Å²) in [6, 6.07) is 7.63. The molecule has 0 bridgehead atoms. The summed E-state index contributed by atoms with van der Waals surface area (Å²) in [4.78, 5) is 26.7. The Morgan fingerprint density at radius 2 is 1.62 bits per heavy atom. The van der Waals surface area contributed by atoms with E-state index in [1.807, 2.05) is 0 Å². The molecule has 0 atom stereocenters. The van der Waals surface area contributed by atoms with Crippen molar-refractivity contribution < 1.29 is 27.8 Å². The van der Waals surface area contributed by atoms with Gasteiger partial charge in [0.1, 0.15) is 23.1 Å². The maximum atomic E-state index is 13.8. The van der Waals surface area contributed by atoms with E-state index in [1.54, 1.807) is 23.1 Å². The first-order valence-corrected chi connectivity index (χ1v) is 9.19. The Kier molecular flexibility index (Phi) is 6.31. The lowest BCUT2D eigenvalue weighted by molar-refractivity contribution is 0.0697. The molecule has 1 heterocycles. The molecular formula is C21H22F2N2O4. The molecule has 1 saturated heterocycles. The van der Waals surface area contributed by atoms with Crippen LogP contribution >= 0.6 is 0 Å². The molecule has 2 aromatic carbocycles. The quantitative estimate of drug-likeness (QED) is 0.832. The first-order chi connectivity index (χ1) is 13.9. The number of halogens is 2. The van der Waals surface area contributed by atoms with Crippen LogP contribution in [0.25, 0.3) is 0 Å². The first-order valence-electron chi connectivity index (χ1n) is 9.19. The molecule has 1 N–H and O–H groups in total. The lowest BCUT2D eigenvalue weighted by Gasteiger charge is -2.32. The van der Waals surface area contributed by atoms with Crippen molar-refractivity contribution in [2.45, 2.75) is 18.9 Å². The average Bonchev–Trinajstić information content (AvgIpc) is 2.73. The van der Waals surface area contributed by atoms with Crippen LogP contribution in [0.3, 0.4) is 0 Å². The van der Waals surface area contributed by atoms with E-state index in [9.17, 15) is 18.4 Å². The van der Waals surface area contributed by atoms with Crippen molar-refractivity contribution in [2.24, 2.45) is 0 Å². The van der Waals surface area contributed by atoms with E-state index in [-0.39, 0.29) is 17.5 Å². The van der Waals surface area contributed by atoms with Gasteiger partial charge < -0.3 is 19.7 Å². The number of rotatable bonds is 5. The van der Waals surface area contributed by atoms with Crippen molar-refractivity contribution in [3.05, 3.63) is 59.2 Å². The summed E-state index contributed by atoms with van der Waals surface area (Å²) in [5, 5.41) is 2.75. The van der Waals surface area contributed by atoms with Gasteiger partial charge in [-0.15, -0.1) is 0 Å². The molecule has 2 aromatic rings. The molecule has 29 heavy (non-hydrogen) atoms. The van der Waals surface area contributed by atoms with Gasteiger partial charge in [-0.1, -0.05) is 0 Å².